The molecular weight excluding hydrogens is 268 g/mol. The van der Waals surface area contributed by atoms with Gasteiger partial charge in [-0.3, -0.25) is 9.59 Å². The van der Waals surface area contributed by atoms with Gasteiger partial charge in [0, 0.05) is 25.6 Å². The molecule has 0 aromatic carbocycles. The molecule has 2 heterocycles. The molecule has 0 aromatic rings. The molecule has 2 amide bonds. The third-order valence-corrected chi connectivity index (χ3v) is 5.36. The molecule has 3 atom stereocenters. The number of rotatable bonds is 3. The molecule has 118 valence electrons. The summed E-state index contributed by atoms with van der Waals surface area (Å²) < 4.78 is 0. The summed E-state index contributed by atoms with van der Waals surface area (Å²) >= 11 is 0. The van der Waals surface area contributed by atoms with Crippen LogP contribution in [-0.2, 0) is 9.59 Å². The molecule has 0 radical (unpaired) electrons. The fraction of sp³-hybridized carbons (Fsp3) is 0.875. The average molecular weight is 294 g/mol. The Labute approximate surface area is 126 Å². The molecule has 0 aromatic heterocycles. The number of hydrogen-bond acceptors (Lipinski definition) is 3. The molecule has 1 aliphatic carbocycles. The summed E-state index contributed by atoms with van der Waals surface area (Å²) in [5.41, 5.74) is 0. The van der Waals surface area contributed by atoms with E-state index in [-0.39, 0.29) is 36.3 Å². The summed E-state index contributed by atoms with van der Waals surface area (Å²) in [6, 6.07) is -0.0352. The van der Waals surface area contributed by atoms with Crippen LogP contribution in [0.4, 0.5) is 0 Å². The van der Waals surface area contributed by atoms with Crippen molar-refractivity contribution in [1.29, 1.82) is 0 Å². The molecule has 1 N–H and O–H groups in total. The van der Waals surface area contributed by atoms with Gasteiger partial charge in [0.2, 0.25) is 11.8 Å². The zero-order valence-electron chi connectivity index (χ0n) is 12.8. The zero-order valence-corrected chi connectivity index (χ0v) is 12.8. The minimum Gasteiger partial charge on any atom is -0.394 e. The van der Waals surface area contributed by atoms with E-state index in [4.69, 9.17) is 0 Å². The average Bonchev–Trinajstić information content (AvgIpc) is 3.29. The molecule has 1 saturated carbocycles. The van der Waals surface area contributed by atoms with Crippen molar-refractivity contribution >= 4 is 11.8 Å². The van der Waals surface area contributed by atoms with Crippen LogP contribution in [0.2, 0.25) is 0 Å². The van der Waals surface area contributed by atoms with Crippen molar-refractivity contribution in [2.24, 2.45) is 17.8 Å². The van der Waals surface area contributed by atoms with Crippen LogP contribution in [0.3, 0.4) is 0 Å². The third kappa shape index (κ3) is 2.93. The Hall–Kier alpha value is -1.10. The van der Waals surface area contributed by atoms with Gasteiger partial charge in [-0.15, -0.1) is 0 Å². The molecule has 2 saturated heterocycles. The normalized spacial score (nSPS) is 33.3. The Morgan fingerprint density at radius 2 is 1.81 bits per heavy atom. The van der Waals surface area contributed by atoms with Crippen molar-refractivity contribution in [3.63, 3.8) is 0 Å². The maximum absolute atomic E-state index is 12.7. The molecular formula is C16H26N2O3. The number of piperidine rings is 1. The van der Waals surface area contributed by atoms with E-state index in [1.54, 1.807) is 0 Å². The van der Waals surface area contributed by atoms with Crippen LogP contribution in [0.1, 0.15) is 39.0 Å². The van der Waals surface area contributed by atoms with Crippen LogP contribution in [0.15, 0.2) is 0 Å². The predicted octanol–water partition coefficient (Wildman–Crippen LogP) is 0.864. The van der Waals surface area contributed by atoms with Gasteiger partial charge in [0.05, 0.1) is 18.6 Å². The van der Waals surface area contributed by atoms with Gasteiger partial charge in [0.1, 0.15) is 0 Å². The highest BCUT2D eigenvalue weighted by atomic mass is 16.3. The van der Waals surface area contributed by atoms with Crippen LogP contribution < -0.4 is 0 Å². The second kappa shape index (κ2) is 5.95. The Kier molecular flexibility index (Phi) is 4.20. The SMILES string of the molecule is CC1CCN(C(=O)C2CCCN(C(=O)C3CC3)C2)C1CO. The van der Waals surface area contributed by atoms with Crippen molar-refractivity contribution in [3.05, 3.63) is 0 Å². The van der Waals surface area contributed by atoms with E-state index in [2.05, 4.69) is 6.92 Å². The van der Waals surface area contributed by atoms with Gasteiger partial charge in [0.15, 0.2) is 0 Å². The maximum Gasteiger partial charge on any atom is 0.227 e. The van der Waals surface area contributed by atoms with Crippen molar-refractivity contribution in [3.8, 4) is 0 Å². The van der Waals surface area contributed by atoms with E-state index in [0.717, 1.165) is 45.2 Å². The maximum atomic E-state index is 12.7. The first-order valence-corrected chi connectivity index (χ1v) is 8.32. The molecule has 5 heteroatoms. The minimum absolute atomic E-state index is 0.0352. The van der Waals surface area contributed by atoms with Gasteiger partial charge in [0.25, 0.3) is 0 Å². The van der Waals surface area contributed by atoms with E-state index in [9.17, 15) is 14.7 Å². The largest absolute Gasteiger partial charge is 0.394 e. The van der Waals surface area contributed by atoms with Crippen LogP contribution in [0.25, 0.3) is 0 Å². The van der Waals surface area contributed by atoms with E-state index >= 15 is 0 Å². The molecule has 3 rings (SSSR count). The van der Waals surface area contributed by atoms with Gasteiger partial charge < -0.3 is 14.9 Å². The quantitative estimate of drug-likeness (QED) is 0.840. The Bertz CT molecular complexity index is 422. The smallest absolute Gasteiger partial charge is 0.227 e. The second-order valence-corrected chi connectivity index (χ2v) is 6.95. The molecule has 0 spiro atoms. The topological polar surface area (TPSA) is 60.9 Å². The molecule has 5 nitrogen and oxygen atoms in total. The number of nitrogens with zero attached hydrogens (tertiary/aromatic N) is 2. The summed E-state index contributed by atoms with van der Waals surface area (Å²) in [6.45, 7) is 4.27. The second-order valence-electron chi connectivity index (χ2n) is 6.95. The lowest BCUT2D eigenvalue weighted by Gasteiger charge is -2.36. The first-order valence-electron chi connectivity index (χ1n) is 8.32. The van der Waals surface area contributed by atoms with Crippen LogP contribution in [0.5, 0.6) is 0 Å². The first-order chi connectivity index (χ1) is 10.1. The fourth-order valence-corrected chi connectivity index (χ4v) is 3.76. The molecule has 3 unspecified atom stereocenters. The monoisotopic (exact) mass is 294 g/mol. The van der Waals surface area contributed by atoms with Crippen molar-refractivity contribution in [2.75, 3.05) is 26.2 Å². The number of hydrogen-bond donors (Lipinski definition) is 1. The van der Waals surface area contributed by atoms with Gasteiger partial charge in [-0.1, -0.05) is 6.92 Å². The predicted molar refractivity (Wildman–Crippen MR) is 78.4 cm³/mol. The fourth-order valence-electron chi connectivity index (χ4n) is 3.76. The lowest BCUT2D eigenvalue weighted by molar-refractivity contribution is -0.142. The van der Waals surface area contributed by atoms with Crippen molar-refractivity contribution in [2.45, 2.75) is 45.1 Å². The van der Waals surface area contributed by atoms with E-state index in [1.165, 1.54) is 0 Å². The summed E-state index contributed by atoms with van der Waals surface area (Å²) in [5, 5.41) is 9.52. The van der Waals surface area contributed by atoms with E-state index < -0.39 is 0 Å². The summed E-state index contributed by atoms with van der Waals surface area (Å²) in [5.74, 6) is 0.927. The number of likely N-dealkylation sites (tertiary alicyclic amines) is 2. The van der Waals surface area contributed by atoms with E-state index in [0.29, 0.717) is 12.5 Å². The van der Waals surface area contributed by atoms with Crippen LogP contribution >= 0.6 is 0 Å². The number of carbonyl (C=O) groups is 2. The Balaban J connectivity index is 1.62. The van der Waals surface area contributed by atoms with Gasteiger partial charge in [-0.05, 0) is 38.0 Å². The van der Waals surface area contributed by atoms with Gasteiger partial charge >= 0.3 is 0 Å². The number of aliphatic hydroxyl groups excluding tert-OH is 1. The zero-order chi connectivity index (χ0) is 15.0. The molecule has 21 heavy (non-hydrogen) atoms. The molecule has 0 bridgehead atoms. The lowest BCUT2D eigenvalue weighted by Crippen LogP contribution is -2.49. The molecule has 3 fully saturated rings. The highest BCUT2D eigenvalue weighted by Crippen LogP contribution is 2.33. The van der Waals surface area contributed by atoms with Gasteiger partial charge in [-0.2, -0.15) is 0 Å². The summed E-state index contributed by atoms with van der Waals surface area (Å²) in [6.07, 6.45) is 4.79. The number of carbonyl (C=O) groups excluding carboxylic acids is 2. The first kappa shape index (κ1) is 14.8. The summed E-state index contributed by atoms with van der Waals surface area (Å²) in [7, 11) is 0. The molecule has 2 aliphatic heterocycles. The number of amides is 2. The number of aliphatic hydroxyl groups is 1. The van der Waals surface area contributed by atoms with Gasteiger partial charge in [-0.25, -0.2) is 0 Å². The highest BCUT2D eigenvalue weighted by Gasteiger charge is 2.40. The lowest BCUT2D eigenvalue weighted by atomic mass is 9.95. The standard InChI is InChI=1S/C16H26N2O3/c1-11-6-8-18(14(11)10-19)16(21)13-3-2-7-17(9-13)15(20)12-4-5-12/h11-14,19H,2-10H2,1H3. The third-order valence-electron chi connectivity index (χ3n) is 5.36. The van der Waals surface area contributed by atoms with Crippen LogP contribution in [0, 0.1) is 17.8 Å². The Morgan fingerprint density at radius 3 is 2.48 bits per heavy atom. The highest BCUT2D eigenvalue weighted by molar-refractivity contribution is 5.83. The Morgan fingerprint density at radius 1 is 1.05 bits per heavy atom. The van der Waals surface area contributed by atoms with Crippen molar-refractivity contribution in [1.82, 2.24) is 9.80 Å². The molecule has 3 aliphatic rings. The minimum atomic E-state index is -0.0687. The van der Waals surface area contributed by atoms with E-state index in [1.807, 2.05) is 9.80 Å². The van der Waals surface area contributed by atoms with Crippen molar-refractivity contribution < 1.29 is 14.7 Å². The summed E-state index contributed by atoms with van der Waals surface area (Å²) in [4.78, 5) is 28.7. The van der Waals surface area contributed by atoms with Crippen LogP contribution in [-0.4, -0.2) is 59.0 Å².